The molecule has 1 aliphatic heterocycles. The Hall–Kier alpha value is -1.40. The zero-order valence-corrected chi connectivity index (χ0v) is 14.4. The molecule has 0 radical (unpaired) electrons. The second kappa shape index (κ2) is 7.74. The van der Waals surface area contributed by atoms with Gasteiger partial charge in [0, 0.05) is 37.1 Å². The molecule has 1 N–H and O–H groups in total. The van der Waals surface area contributed by atoms with Crippen LogP contribution in [0.3, 0.4) is 0 Å². The highest BCUT2D eigenvalue weighted by Crippen LogP contribution is 2.18. The summed E-state index contributed by atoms with van der Waals surface area (Å²) in [5.74, 6) is 0.0201. The lowest BCUT2D eigenvalue weighted by molar-refractivity contribution is -0.140. The van der Waals surface area contributed by atoms with E-state index in [0.717, 1.165) is 13.1 Å². The molecule has 2 rings (SSSR count). The van der Waals surface area contributed by atoms with Crippen LogP contribution in [0.5, 0.6) is 0 Å². The van der Waals surface area contributed by atoms with Crippen molar-refractivity contribution in [3.05, 3.63) is 22.4 Å². The number of amides is 2. The Morgan fingerprint density at radius 2 is 2.32 bits per heavy atom. The molecule has 0 aliphatic carbocycles. The highest BCUT2D eigenvalue weighted by Gasteiger charge is 2.33. The number of hydrogen-bond acceptors (Lipinski definition) is 4. The Morgan fingerprint density at radius 3 is 2.91 bits per heavy atom. The molecule has 2 heterocycles. The maximum Gasteiger partial charge on any atom is 0.237 e. The van der Waals surface area contributed by atoms with Gasteiger partial charge in [0.05, 0.1) is 12.5 Å². The van der Waals surface area contributed by atoms with Crippen LogP contribution < -0.4 is 5.32 Å². The maximum atomic E-state index is 12.5. The molecule has 1 aromatic rings. The third-order valence-electron chi connectivity index (χ3n) is 4.03. The molecule has 0 bridgehead atoms. The Kier molecular flexibility index (Phi) is 5.97. The minimum atomic E-state index is -0.365. The number of nitrogens with one attached hydrogen (secondary N) is 1. The summed E-state index contributed by atoms with van der Waals surface area (Å²) in [6, 6.07) is 3.88. The summed E-state index contributed by atoms with van der Waals surface area (Å²) >= 11 is 1.69. The molecule has 1 fully saturated rings. The smallest absolute Gasteiger partial charge is 0.237 e. The summed E-state index contributed by atoms with van der Waals surface area (Å²) < 4.78 is 0. The number of thiophene rings is 1. The zero-order valence-electron chi connectivity index (χ0n) is 13.5. The fourth-order valence-electron chi connectivity index (χ4n) is 2.89. The number of piperazine rings is 1. The SMILES string of the molecule is CCN(C(=O)CC1C(=O)NCCN1Cc1cccs1)C(C)C. The first-order chi connectivity index (χ1) is 10.5. The van der Waals surface area contributed by atoms with Crippen LogP contribution in [0, 0.1) is 0 Å². The van der Waals surface area contributed by atoms with E-state index >= 15 is 0 Å². The van der Waals surface area contributed by atoms with Crippen molar-refractivity contribution in [2.75, 3.05) is 19.6 Å². The van der Waals surface area contributed by atoms with E-state index in [0.29, 0.717) is 13.1 Å². The molecule has 122 valence electrons. The Balaban J connectivity index is 2.06. The summed E-state index contributed by atoms with van der Waals surface area (Å²) in [4.78, 5) is 29.9. The van der Waals surface area contributed by atoms with E-state index in [2.05, 4.69) is 16.3 Å². The predicted molar refractivity (Wildman–Crippen MR) is 88.7 cm³/mol. The molecule has 0 aromatic carbocycles. The van der Waals surface area contributed by atoms with Crippen molar-refractivity contribution in [2.24, 2.45) is 0 Å². The summed E-state index contributed by atoms with van der Waals surface area (Å²) in [7, 11) is 0. The van der Waals surface area contributed by atoms with Crippen LogP contribution in [0.15, 0.2) is 17.5 Å². The fraction of sp³-hybridized carbons (Fsp3) is 0.625. The number of hydrogen-bond donors (Lipinski definition) is 1. The van der Waals surface area contributed by atoms with E-state index in [1.807, 2.05) is 37.1 Å². The highest BCUT2D eigenvalue weighted by molar-refractivity contribution is 7.09. The molecule has 1 aliphatic rings. The normalized spacial score (nSPS) is 19.3. The summed E-state index contributed by atoms with van der Waals surface area (Å²) in [6.45, 7) is 8.83. The van der Waals surface area contributed by atoms with E-state index in [1.165, 1.54) is 4.88 Å². The molecule has 1 saturated heterocycles. The topological polar surface area (TPSA) is 52.7 Å². The van der Waals surface area contributed by atoms with Crippen molar-refractivity contribution < 1.29 is 9.59 Å². The summed E-state index contributed by atoms with van der Waals surface area (Å²) in [6.07, 6.45) is 0.253. The van der Waals surface area contributed by atoms with Gasteiger partial charge in [-0.15, -0.1) is 11.3 Å². The van der Waals surface area contributed by atoms with Crippen molar-refractivity contribution in [2.45, 2.75) is 45.8 Å². The fourth-order valence-corrected chi connectivity index (χ4v) is 3.62. The summed E-state index contributed by atoms with van der Waals surface area (Å²) in [5.41, 5.74) is 0. The third-order valence-corrected chi connectivity index (χ3v) is 4.89. The minimum Gasteiger partial charge on any atom is -0.353 e. The van der Waals surface area contributed by atoms with Gasteiger partial charge in [-0.3, -0.25) is 14.5 Å². The first kappa shape index (κ1) is 17.0. The lowest BCUT2D eigenvalue weighted by Crippen LogP contribution is -2.56. The van der Waals surface area contributed by atoms with Gasteiger partial charge in [0.15, 0.2) is 0 Å². The molecule has 6 heteroatoms. The zero-order chi connectivity index (χ0) is 16.1. The number of carbonyl (C=O) groups excluding carboxylic acids is 2. The van der Waals surface area contributed by atoms with E-state index in [4.69, 9.17) is 0 Å². The molecule has 1 unspecified atom stereocenters. The van der Waals surface area contributed by atoms with Gasteiger partial charge in [0.25, 0.3) is 0 Å². The van der Waals surface area contributed by atoms with Crippen LogP contribution in [0.1, 0.15) is 32.1 Å². The lowest BCUT2D eigenvalue weighted by Gasteiger charge is -2.36. The average molecular weight is 323 g/mol. The number of rotatable bonds is 6. The van der Waals surface area contributed by atoms with Crippen molar-refractivity contribution in [1.29, 1.82) is 0 Å². The first-order valence-electron chi connectivity index (χ1n) is 7.86. The average Bonchev–Trinajstić information content (AvgIpc) is 2.96. The second-order valence-electron chi connectivity index (χ2n) is 5.83. The molecular weight excluding hydrogens is 298 g/mol. The van der Waals surface area contributed by atoms with Gasteiger partial charge in [0.2, 0.25) is 11.8 Å². The molecule has 0 spiro atoms. The lowest BCUT2D eigenvalue weighted by atomic mass is 10.1. The molecule has 1 atom stereocenters. The van der Waals surface area contributed by atoms with Gasteiger partial charge in [0.1, 0.15) is 0 Å². The van der Waals surface area contributed by atoms with Crippen LogP contribution in [0.25, 0.3) is 0 Å². The maximum absolute atomic E-state index is 12.5. The Morgan fingerprint density at radius 1 is 1.55 bits per heavy atom. The standard InChI is InChI=1S/C16H25N3O2S/c1-4-19(12(2)3)15(20)10-14-16(21)17-7-8-18(14)11-13-6-5-9-22-13/h5-6,9,12,14H,4,7-8,10-11H2,1-3H3,(H,17,21). The molecule has 1 aromatic heterocycles. The van der Waals surface area contributed by atoms with Crippen LogP contribution >= 0.6 is 11.3 Å². The second-order valence-corrected chi connectivity index (χ2v) is 6.87. The largest absolute Gasteiger partial charge is 0.353 e. The molecular formula is C16H25N3O2S. The van der Waals surface area contributed by atoms with Gasteiger partial charge >= 0.3 is 0 Å². The quantitative estimate of drug-likeness (QED) is 0.867. The van der Waals surface area contributed by atoms with Crippen LogP contribution in [-0.4, -0.2) is 53.3 Å². The van der Waals surface area contributed by atoms with Gasteiger partial charge in [-0.25, -0.2) is 0 Å². The van der Waals surface area contributed by atoms with Gasteiger partial charge < -0.3 is 10.2 Å². The van der Waals surface area contributed by atoms with Crippen molar-refractivity contribution in [3.8, 4) is 0 Å². The molecule has 0 saturated carbocycles. The van der Waals surface area contributed by atoms with E-state index in [1.54, 1.807) is 11.3 Å². The highest BCUT2D eigenvalue weighted by atomic mass is 32.1. The van der Waals surface area contributed by atoms with Crippen LogP contribution in [0.2, 0.25) is 0 Å². The molecule has 2 amide bonds. The van der Waals surface area contributed by atoms with Crippen LogP contribution in [0.4, 0.5) is 0 Å². The third kappa shape index (κ3) is 4.08. The number of carbonyl (C=O) groups is 2. The van der Waals surface area contributed by atoms with Crippen molar-refractivity contribution in [1.82, 2.24) is 15.1 Å². The first-order valence-corrected chi connectivity index (χ1v) is 8.74. The van der Waals surface area contributed by atoms with E-state index in [9.17, 15) is 9.59 Å². The molecule has 22 heavy (non-hydrogen) atoms. The van der Waals surface area contributed by atoms with Gasteiger partial charge in [-0.2, -0.15) is 0 Å². The van der Waals surface area contributed by atoms with E-state index < -0.39 is 0 Å². The Bertz CT molecular complexity index is 501. The molecule has 5 nitrogen and oxygen atoms in total. The van der Waals surface area contributed by atoms with Crippen molar-refractivity contribution in [3.63, 3.8) is 0 Å². The summed E-state index contributed by atoms with van der Waals surface area (Å²) in [5, 5.41) is 4.92. The van der Waals surface area contributed by atoms with Gasteiger partial charge in [-0.1, -0.05) is 6.07 Å². The van der Waals surface area contributed by atoms with E-state index in [-0.39, 0.29) is 30.3 Å². The van der Waals surface area contributed by atoms with Gasteiger partial charge in [-0.05, 0) is 32.2 Å². The van der Waals surface area contributed by atoms with Crippen molar-refractivity contribution >= 4 is 23.2 Å². The van der Waals surface area contributed by atoms with Crippen LogP contribution in [-0.2, 0) is 16.1 Å². The number of nitrogens with zero attached hydrogens (tertiary/aromatic N) is 2. The Labute approximate surface area is 136 Å². The minimum absolute atomic E-state index is 0.0315. The monoisotopic (exact) mass is 323 g/mol. The predicted octanol–water partition coefficient (Wildman–Crippen LogP) is 1.70.